The predicted octanol–water partition coefficient (Wildman–Crippen LogP) is 4.07. The van der Waals surface area contributed by atoms with Crippen molar-refractivity contribution in [3.05, 3.63) is 118 Å². The third-order valence-electron chi connectivity index (χ3n) is 8.22. The second-order valence-electron chi connectivity index (χ2n) is 11.3. The van der Waals surface area contributed by atoms with E-state index in [1.54, 1.807) is 6.20 Å². The van der Waals surface area contributed by atoms with E-state index in [1.165, 1.54) is 38.8 Å². The molecule has 9 nitrogen and oxygen atoms in total. The molecule has 0 spiro atoms. The van der Waals surface area contributed by atoms with Crippen LogP contribution >= 0.6 is 0 Å². The summed E-state index contributed by atoms with van der Waals surface area (Å²) in [7, 11) is -3.50. The Morgan fingerprint density at radius 2 is 1.41 bits per heavy atom. The van der Waals surface area contributed by atoms with Crippen molar-refractivity contribution in [2.75, 3.05) is 44.2 Å². The first-order valence-corrected chi connectivity index (χ1v) is 16.5. The average Bonchev–Trinajstić information content (AvgIpc) is 3.04. The Bertz CT molecular complexity index is 1700. The highest BCUT2D eigenvalue weighted by Crippen LogP contribution is 2.29. The Balaban J connectivity index is 1.19. The van der Waals surface area contributed by atoms with Gasteiger partial charge in [-0.1, -0.05) is 60.7 Å². The van der Waals surface area contributed by atoms with E-state index in [0.29, 0.717) is 24.5 Å². The summed E-state index contributed by atoms with van der Waals surface area (Å²) in [5.41, 5.74) is 2.55. The van der Waals surface area contributed by atoms with Crippen LogP contribution in [0.4, 0.5) is 10.1 Å². The van der Waals surface area contributed by atoms with Gasteiger partial charge >= 0.3 is 5.56 Å². The zero-order valence-corrected chi connectivity index (χ0v) is 25.3. The van der Waals surface area contributed by atoms with Gasteiger partial charge in [-0.15, -0.1) is 0 Å². The number of piperazine rings is 1. The van der Waals surface area contributed by atoms with E-state index < -0.39 is 21.4 Å². The Hall–Kier alpha value is -4.06. The van der Waals surface area contributed by atoms with Gasteiger partial charge in [-0.3, -0.25) is 9.69 Å². The van der Waals surface area contributed by atoms with Gasteiger partial charge in [-0.25, -0.2) is 12.8 Å². The summed E-state index contributed by atoms with van der Waals surface area (Å²) in [6, 6.07) is 25.1. The summed E-state index contributed by atoms with van der Waals surface area (Å²) in [4.78, 5) is 18.2. The van der Waals surface area contributed by atoms with Crippen molar-refractivity contribution >= 4 is 15.7 Å². The molecule has 230 valence electrons. The first-order valence-electron chi connectivity index (χ1n) is 14.9. The first-order chi connectivity index (χ1) is 21.4. The first kappa shape index (κ1) is 30.0. The van der Waals surface area contributed by atoms with E-state index in [9.17, 15) is 17.6 Å². The second-order valence-corrected chi connectivity index (χ2v) is 13.2. The quantitative estimate of drug-likeness (QED) is 0.280. The monoisotopic (exact) mass is 617 g/mol. The molecule has 0 aliphatic carbocycles. The number of anilines is 1. The van der Waals surface area contributed by atoms with E-state index in [-0.39, 0.29) is 30.7 Å². The van der Waals surface area contributed by atoms with Crippen LogP contribution in [0, 0.1) is 5.82 Å². The summed E-state index contributed by atoms with van der Waals surface area (Å²) in [5.74, 6) is -0.274. The van der Waals surface area contributed by atoms with Crippen molar-refractivity contribution in [1.82, 2.24) is 19.0 Å². The number of nitrogens with zero attached hydrogens (tertiary/aromatic N) is 5. The summed E-state index contributed by atoms with van der Waals surface area (Å²) in [5, 5.41) is 4.41. The van der Waals surface area contributed by atoms with Crippen molar-refractivity contribution in [2.45, 2.75) is 31.2 Å². The molecular weight excluding hydrogens is 581 g/mol. The zero-order valence-electron chi connectivity index (χ0n) is 24.5. The second kappa shape index (κ2) is 13.3. The smallest absolute Gasteiger partial charge is 0.316 e. The van der Waals surface area contributed by atoms with E-state index in [2.05, 4.69) is 22.1 Å². The van der Waals surface area contributed by atoms with Crippen LogP contribution in [-0.2, 0) is 22.3 Å². The van der Waals surface area contributed by atoms with Crippen LogP contribution in [0.1, 0.15) is 24.0 Å². The van der Waals surface area contributed by atoms with E-state index in [4.69, 9.17) is 4.74 Å². The molecule has 3 aromatic carbocycles. The molecule has 0 unspecified atom stereocenters. The molecule has 44 heavy (non-hydrogen) atoms. The Kier molecular flexibility index (Phi) is 9.06. The number of piperidine rings is 1. The third-order valence-corrected chi connectivity index (χ3v) is 10.1. The lowest BCUT2D eigenvalue weighted by Gasteiger charge is -2.37. The minimum absolute atomic E-state index is 0.0551. The van der Waals surface area contributed by atoms with Crippen molar-refractivity contribution in [3.63, 3.8) is 0 Å². The Labute approximate surface area is 257 Å². The molecule has 2 aliphatic rings. The van der Waals surface area contributed by atoms with Crippen LogP contribution in [0.15, 0.2) is 95.9 Å². The zero-order chi connectivity index (χ0) is 30.5. The number of aromatic nitrogens is 2. The van der Waals surface area contributed by atoms with Gasteiger partial charge in [0.1, 0.15) is 17.6 Å². The number of rotatable bonds is 9. The van der Waals surface area contributed by atoms with Crippen molar-refractivity contribution < 1.29 is 17.5 Å². The summed E-state index contributed by atoms with van der Waals surface area (Å²) in [6.45, 7) is 3.89. The molecule has 0 saturated carbocycles. The average molecular weight is 618 g/mol. The standard InChI is InChI=1S/C33H36FN5O4S/c34-28-11-13-29(14-12-28)39-33(40)32(43-30-15-17-36(18-16-30)24-26-7-3-1-4-8-26)31(23-35-39)37-19-21-38(22-20-37)44(41,42)25-27-9-5-2-6-10-27/h1-14,23,30H,15-22,24-25H2. The molecule has 4 aromatic rings. The molecule has 2 aliphatic heterocycles. The van der Waals surface area contributed by atoms with E-state index >= 15 is 0 Å². The number of benzene rings is 3. The van der Waals surface area contributed by atoms with Gasteiger partial charge < -0.3 is 9.64 Å². The number of likely N-dealkylation sites (tertiary alicyclic amines) is 1. The fraction of sp³-hybridized carbons (Fsp3) is 0.333. The highest BCUT2D eigenvalue weighted by molar-refractivity contribution is 7.88. The number of hydrogen-bond acceptors (Lipinski definition) is 7. The highest BCUT2D eigenvalue weighted by atomic mass is 32.2. The van der Waals surface area contributed by atoms with Crippen LogP contribution < -0.4 is 15.2 Å². The van der Waals surface area contributed by atoms with Crippen molar-refractivity contribution in [2.24, 2.45) is 0 Å². The molecule has 6 rings (SSSR count). The van der Waals surface area contributed by atoms with Gasteiger partial charge in [0.15, 0.2) is 0 Å². The van der Waals surface area contributed by atoms with Crippen LogP contribution in [0.25, 0.3) is 5.69 Å². The third kappa shape index (κ3) is 7.01. The maximum atomic E-state index is 13.9. The van der Waals surface area contributed by atoms with Crippen molar-refractivity contribution in [1.29, 1.82) is 0 Å². The Morgan fingerprint density at radius 1 is 0.795 bits per heavy atom. The highest BCUT2D eigenvalue weighted by Gasteiger charge is 2.31. The van der Waals surface area contributed by atoms with Gasteiger partial charge in [0.2, 0.25) is 15.8 Å². The molecule has 0 atom stereocenters. The van der Waals surface area contributed by atoms with Crippen LogP contribution in [0.5, 0.6) is 5.75 Å². The normalized spacial score (nSPS) is 17.1. The summed E-state index contributed by atoms with van der Waals surface area (Å²) >= 11 is 0. The molecule has 11 heteroatoms. The van der Waals surface area contributed by atoms with Gasteiger partial charge in [0, 0.05) is 45.8 Å². The van der Waals surface area contributed by atoms with Crippen LogP contribution in [0.3, 0.4) is 0 Å². The molecule has 0 amide bonds. The fourth-order valence-electron chi connectivity index (χ4n) is 5.81. The van der Waals surface area contributed by atoms with Gasteiger partial charge in [0.05, 0.1) is 17.6 Å². The minimum atomic E-state index is -3.50. The number of sulfonamides is 1. The van der Waals surface area contributed by atoms with Crippen LogP contribution in [0.2, 0.25) is 0 Å². The minimum Gasteiger partial charge on any atom is -0.483 e. The Morgan fingerprint density at radius 3 is 2.05 bits per heavy atom. The predicted molar refractivity (Wildman–Crippen MR) is 168 cm³/mol. The summed E-state index contributed by atoms with van der Waals surface area (Å²) < 4.78 is 49.1. The largest absolute Gasteiger partial charge is 0.483 e. The molecule has 0 N–H and O–H groups in total. The summed E-state index contributed by atoms with van der Waals surface area (Å²) in [6.07, 6.45) is 2.95. The molecule has 0 radical (unpaired) electrons. The number of hydrogen-bond donors (Lipinski definition) is 0. The van der Waals surface area contributed by atoms with Gasteiger partial charge in [-0.2, -0.15) is 14.1 Å². The van der Waals surface area contributed by atoms with Gasteiger partial charge in [0.25, 0.3) is 0 Å². The lowest BCUT2D eigenvalue weighted by atomic mass is 10.1. The molecule has 3 heterocycles. The maximum absolute atomic E-state index is 13.9. The lowest BCUT2D eigenvalue weighted by Crippen LogP contribution is -2.49. The number of halogens is 1. The number of ether oxygens (including phenoxy) is 1. The molecule has 2 fully saturated rings. The topological polar surface area (TPSA) is 88.0 Å². The van der Waals surface area contributed by atoms with Crippen LogP contribution in [-0.4, -0.2) is 72.8 Å². The molecule has 1 aromatic heterocycles. The molecule has 2 saturated heterocycles. The van der Waals surface area contributed by atoms with Gasteiger partial charge in [-0.05, 0) is 48.2 Å². The molecule has 0 bridgehead atoms. The van der Waals surface area contributed by atoms with E-state index in [0.717, 1.165) is 38.0 Å². The van der Waals surface area contributed by atoms with E-state index in [1.807, 2.05) is 53.4 Å². The maximum Gasteiger partial charge on any atom is 0.316 e. The molecular formula is C33H36FN5O4S. The fourth-order valence-corrected chi connectivity index (χ4v) is 7.32. The SMILES string of the molecule is O=c1c(OC2CCN(Cc3ccccc3)CC2)c(N2CCN(S(=O)(=O)Cc3ccccc3)CC2)cnn1-c1ccc(F)cc1. The lowest BCUT2D eigenvalue weighted by molar-refractivity contribution is 0.0954. The van der Waals surface area contributed by atoms with Crippen molar-refractivity contribution in [3.8, 4) is 11.4 Å².